The van der Waals surface area contributed by atoms with Gasteiger partial charge in [0.15, 0.2) is 0 Å². The van der Waals surface area contributed by atoms with Gasteiger partial charge >= 0.3 is 0 Å². The normalized spacial score (nSPS) is 12.7. The van der Waals surface area contributed by atoms with E-state index < -0.39 is 6.10 Å². The van der Waals surface area contributed by atoms with Crippen molar-refractivity contribution in [2.45, 2.75) is 12.5 Å². The zero-order valence-electron chi connectivity index (χ0n) is 3.92. The number of aliphatic hydroxyl groups is 1. The monoisotopic (exact) mass is 99.0 g/mol. The lowest BCUT2D eigenvalue weighted by atomic mass is 10.3. The molecule has 0 bridgehead atoms. The van der Waals surface area contributed by atoms with Gasteiger partial charge in [-0.3, -0.25) is 4.79 Å². The molecule has 0 spiro atoms. The lowest BCUT2D eigenvalue weighted by Gasteiger charge is -1.92. The molecule has 2 nitrogen and oxygen atoms in total. The van der Waals surface area contributed by atoms with E-state index in [9.17, 15) is 4.79 Å². The Balaban J connectivity index is 3.15. The van der Waals surface area contributed by atoms with Crippen LogP contribution in [0.3, 0.4) is 0 Å². The third-order valence-corrected chi connectivity index (χ3v) is 0.565. The van der Waals surface area contributed by atoms with Crippen LogP contribution in [0.2, 0.25) is 0 Å². The topological polar surface area (TPSA) is 37.3 Å². The second-order valence-corrected chi connectivity index (χ2v) is 1.15. The van der Waals surface area contributed by atoms with Crippen molar-refractivity contribution in [2.75, 3.05) is 0 Å². The Morgan fingerprint density at radius 1 is 2.00 bits per heavy atom. The fourth-order valence-corrected chi connectivity index (χ4v) is 0.169. The van der Waals surface area contributed by atoms with Gasteiger partial charge in [-0.2, -0.15) is 0 Å². The van der Waals surface area contributed by atoms with E-state index in [1.165, 1.54) is 6.08 Å². The van der Waals surface area contributed by atoms with Gasteiger partial charge in [0.2, 0.25) is 6.29 Å². The molecule has 39 valence electrons. The van der Waals surface area contributed by atoms with E-state index >= 15 is 0 Å². The Morgan fingerprint density at radius 2 is 2.57 bits per heavy atom. The molecule has 0 aromatic carbocycles. The first-order valence-electron chi connectivity index (χ1n) is 1.97. The minimum Gasteiger partial charge on any atom is -0.389 e. The second kappa shape index (κ2) is 3.56. The van der Waals surface area contributed by atoms with Crippen molar-refractivity contribution in [2.24, 2.45) is 0 Å². The maximum atomic E-state index is 9.44. The first-order valence-corrected chi connectivity index (χ1v) is 1.97. The van der Waals surface area contributed by atoms with E-state index in [1.807, 2.05) is 0 Å². The van der Waals surface area contributed by atoms with Crippen LogP contribution >= 0.6 is 0 Å². The standard InChI is InChI=1S/C5H7O2/c1-2-5(7)3-4-6/h2,5,7H,1,3H2. The van der Waals surface area contributed by atoms with Crippen LogP contribution in [0, 0.1) is 0 Å². The summed E-state index contributed by atoms with van der Waals surface area (Å²) in [6.07, 6.45) is 2.16. The second-order valence-electron chi connectivity index (χ2n) is 1.15. The molecular formula is C5H7O2. The molecule has 0 aliphatic heterocycles. The van der Waals surface area contributed by atoms with E-state index in [4.69, 9.17) is 5.11 Å². The largest absolute Gasteiger partial charge is 0.389 e. The molecule has 0 amide bonds. The van der Waals surface area contributed by atoms with Crippen LogP contribution in [0.5, 0.6) is 0 Å². The van der Waals surface area contributed by atoms with Gasteiger partial charge in [-0.05, 0) is 0 Å². The zero-order chi connectivity index (χ0) is 5.70. The van der Waals surface area contributed by atoms with Crippen molar-refractivity contribution >= 4 is 6.29 Å². The average molecular weight is 99.1 g/mol. The van der Waals surface area contributed by atoms with E-state index in [2.05, 4.69) is 6.58 Å². The van der Waals surface area contributed by atoms with Crippen molar-refractivity contribution in [3.8, 4) is 0 Å². The number of rotatable bonds is 3. The van der Waals surface area contributed by atoms with E-state index in [0.717, 1.165) is 0 Å². The van der Waals surface area contributed by atoms with Crippen molar-refractivity contribution < 1.29 is 9.90 Å². The Labute approximate surface area is 42.5 Å². The van der Waals surface area contributed by atoms with Crippen LogP contribution in [0.15, 0.2) is 12.7 Å². The molecule has 0 aromatic rings. The molecule has 0 heterocycles. The Kier molecular flexibility index (Phi) is 3.24. The Hall–Kier alpha value is -0.630. The van der Waals surface area contributed by atoms with Crippen molar-refractivity contribution in [1.29, 1.82) is 0 Å². The lowest BCUT2D eigenvalue weighted by molar-refractivity contribution is 0.230. The smallest absolute Gasteiger partial charge is 0.201 e. The summed E-state index contributed by atoms with van der Waals surface area (Å²) in [6, 6.07) is 0. The van der Waals surface area contributed by atoms with Crippen molar-refractivity contribution in [3.05, 3.63) is 12.7 Å². The SMILES string of the molecule is C=CC(O)C[C]=O. The molecule has 1 N–H and O–H groups in total. The van der Waals surface area contributed by atoms with Gasteiger partial charge in [-0.15, -0.1) is 6.58 Å². The highest BCUT2D eigenvalue weighted by Crippen LogP contribution is 1.85. The molecule has 2 heteroatoms. The summed E-state index contributed by atoms with van der Waals surface area (Å²) in [7, 11) is 0. The van der Waals surface area contributed by atoms with Gasteiger partial charge in [-0.25, -0.2) is 0 Å². The van der Waals surface area contributed by atoms with Crippen molar-refractivity contribution in [3.63, 3.8) is 0 Å². The number of hydrogen-bond acceptors (Lipinski definition) is 2. The number of aliphatic hydroxyl groups excluding tert-OH is 1. The van der Waals surface area contributed by atoms with Crippen LogP contribution in [-0.4, -0.2) is 17.5 Å². The van der Waals surface area contributed by atoms with Crippen LogP contribution in [-0.2, 0) is 4.79 Å². The summed E-state index contributed by atoms with van der Waals surface area (Å²) >= 11 is 0. The number of carbonyl (C=O) groups excluding carboxylic acids is 1. The van der Waals surface area contributed by atoms with E-state index in [1.54, 1.807) is 6.29 Å². The molecule has 0 fully saturated rings. The molecule has 7 heavy (non-hydrogen) atoms. The first-order chi connectivity index (χ1) is 3.31. The Bertz CT molecular complexity index is 68.5. The molecule has 1 radical (unpaired) electrons. The molecule has 1 atom stereocenters. The van der Waals surface area contributed by atoms with Crippen LogP contribution < -0.4 is 0 Å². The predicted molar refractivity (Wildman–Crippen MR) is 26.5 cm³/mol. The molecule has 0 aliphatic carbocycles. The van der Waals surface area contributed by atoms with Gasteiger partial charge < -0.3 is 5.11 Å². The third-order valence-electron chi connectivity index (χ3n) is 0.565. The van der Waals surface area contributed by atoms with Gasteiger partial charge in [-0.1, -0.05) is 6.08 Å². The van der Waals surface area contributed by atoms with E-state index in [-0.39, 0.29) is 6.42 Å². The molecule has 1 unspecified atom stereocenters. The molecule has 0 rings (SSSR count). The van der Waals surface area contributed by atoms with Gasteiger partial charge in [0, 0.05) is 6.42 Å². The third kappa shape index (κ3) is 3.19. The molecule has 0 saturated carbocycles. The minimum absolute atomic E-state index is 0.0312. The van der Waals surface area contributed by atoms with Gasteiger partial charge in [0.05, 0.1) is 6.10 Å². The predicted octanol–water partition coefficient (Wildman–Crippen LogP) is 0.0331. The van der Waals surface area contributed by atoms with Gasteiger partial charge in [0.1, 0.15) is 0 Å². The fraction of sp³-hybridized carbons (Fsp3) is 0.400. The van der Waals surface area contributed by atoms with Crippen molar-refractivity contribution in [1.82, 2.24) is 0 Å². The lowest BCUT2D eigenvalue weighted by Crippen LogP contribution is -2.00. The van der Waals surface area contributed by atoms with Gasteiger partial charge in [0.25, 0.3) is 0 Å². The van der Waals surface area contributed by atoms with Crippen LogP contribution in [0.1, 0.15) is 6.42 Å². The quantitative estimate of drug-likeness (QED) is 0.507. The summed E-state index contributed by atoms with van der Waals surface area (Å²) < 4.78 is 0. The fourth-order valence-electron chi connectivity index (χ4n) is 0.169. The highest BCUT2D eigenvalue weighted by atomic mass is 16.3. The molecule has 0 aromatic heterocycles. The van der Waals surface area contributed by atoms with Crippen LogP contribution in [0.25, 0.3) is 0 Å². The maximum absolute atomic E-state index is 9.44. The highest BCUT2D eigenvalue weighted by molar-refractivity contribution is 5.51. The van der Waals surface area contributed by atoms with Crippen LogP contribution in [0.4, 0.5) is 0 Å². The zero-order valence-corrected chi connectivity index (χ0v) is 3.92. The van der Waals surface area contributed by atoms with E-state index in [0.29, 0.717) is 0 Å². The number of hydrogen-bond donors (Lipinski definition) is 1. The molecular weight excluding hydrogens is 92.1 g/mol. The summed E-state index contributed by atoms with van der Waals surface area (Å²) in [5, 5.41) is 8.48. The highest BCUT2D eigenvalue weighted by Gasteiger charge is 1.92. The minimum atomic E-state index is -0.711. The molecule has 0 saturated heterocycles. The molecule has 0 aliphatic rings. The first kappa shape index (κ1) is 6.37. The summed E-state index contributed by atoms with van der Waals surface area (Å²) in [5.41, 5.74) is 0. The summed E-state index contributed by atoms with van der Waals surface area (Å²) in [6.45, 7) is 3.25. The Morgan fingerprint density at radius 3 is 2.71 bits per heavy atom. The summed E-state index contributed by atoms with van der Waals surface area (Å²) in [5.74, 6) is 0. The summed E-state index contributed by atoms with van der Waals surface area (Å²) in [4.78, 5) is 9.44. The average Bonchev–Trinajstić information content (AvgIpc) is 1.68. The maximum Gasteiger partial charge on any atom is 0.201 e.